The van der Waals surface area contributed by atoms with Gasteiger partial charge in [-0.2, -0.15) is 0 Å². The predicted molar refractivity (Wildman–Crippen MR) is 77.4 cm³/mol. The van der Waals surface area contributed by atoms with Gasteiger partial charge in [0.25, 0.3) is 0 Å². The monoisotopic (exact) mass is 284 g/mol. The van der Waals surface area contributed by atoms with Gasteiger partial charge in [-0.3, -0.25) is 4.79 Å². The van der Waals surface area contributed by atoms with Gasteiger partial charge in [0.1, 0.15) is 0 Å². The molecule has 2 rings (SSSR count). The first kappa shape index (κ1) is 15.7. The SMILES string of the molecule is CCOCCOC1CCN(C(=O)C2CCCC2N)CC1. The van der Waals surface area contributed by atoms with Crippen molar-refractivity contribution in [3.05, 3.63) is 0 Å². The standard InChI is InChI=1S/C15H28N2O3/c1-2-19-10-11-20-12-6-8-17(9-7-12)15(18)13-4-3-5-14(13)16/h12-14H,2-11,16H2,1H3. The van der Waals surface area contributed by atoms with Crippen molar-refractivity contribution in [2.75, 3.05) is 32.9 Å². The van der Waals surface area contributed by atoms with E-state index in [9.17, 15) is 4.79 Å². The zero-order chi connectivity index (χ0) is 14.4. The Bertz CT molecular complexity index is 303. The van der Waals surface area contributed by atoms with Crippen molar-refractivity contribution in [2.24, 2.45) is 11.7 Å². The molecule has 0 aromatic heterocycles. The lowest BCUT2D eigenvalue weighted by atomic mass is 10.00. The molecule has 2 unspecified atom stereocenters. The van der Waals surface area contributed by atoms with Gasteiger partial charge in [-0.25, -0.2) is 0 Å². The van der Waals surface area contributed by atoms with Crippen LogP contribution in [0.3, 0.4) is 0 Å². The fraction of sp³-hybridized carbons (Fsp3) is 0.933. The molecule has 1 amide bonds. The topological polar surface area (TPSA) is 64.8 Å². The maximum atomic E-state index is 12.4. The van der Waals surface area contributed by atoms with Crippen molar-refractivity contribution in [2.45, 2.75) is 51.2 Å². The van der Waals surface area contributed by atoms with Crippen LogP contribution < -0.4 is 5.73 Å². The molecule has 5 nitrogen and oxygen atoms in total. The molecule has 1 saturated carbocycles. The van der Waals surface area contributed by atoms with Crippen LogP contribution in [-0.2, 0) is 14.3 Å². The lowest BCUT2D eigenvalue weighted by molar-refractivity contribution is -0.138. The summed E-state index contributed by atoms with van der Waals surface area (Å²) in [5.74, 6) is 0.327. The molecule has 1 aliphatic heterocycles. The number of rotatable bonds is 6. The van der Waals surface area contributed by atoms with Crippen LogP contribution in [0.5, 0.6) is 0 Å². The smallest absolute Gasteiger partial charge is 0.227 e. The molecule has 2 aliphatic rings. The van der Waals surface area contributed by atoms with Gasteiger partial charge in [0.05, 0.1) is 25.2 Å². The Morgan fingerprint density at radius 3 is 2.55 bits per heavy atom. The second-order valence-corrected chi connectivity index (χ2v) is 5.79. The number of hydrogen-bond donors (Lipinski definition) is 1. The molecule has 1 aliphatic carbocycles. The first-order chi connectivity index (χ1) is 9.72. The summed E-state index contributed by atoms with van der Waals surface area (Å²) >= 11 is 0. The second kappa shape index (κ2) is 7.96. The van der Waals surface area contributed by atoms with E-state index < -0.39 is 0 Å². The Morgan fingerprint density at radius 1 is 1.20 bits per heavy atom. The number of nitrogens with two attached hydrogens (primary N) is 1. The van der Waals surface area contributed by atoms with Crippen LogP contribution in [0.25, 0.3) is 0 Å². The molecule has 2 fully saturated rings. The number of hydrogen-bond acceptors (Lipinski definition) is 4. The fourth-order valence-corrected chi connectivity index (χ4v) is 3.19. The summed E-state index contributed by atoms with van der Waals surface area (Å²) in [4.78, 5) is 14.4. The zero-order valence-electron chi connectivity index (χ0n) is 12.6. The lowest BCUT2D eigenvalue weighted by Gasteiger charge is -2.34. The normalized spacial score (nSPS) is 28.0. The molecule has 1 heterocycles. The van der Waals surface area contributed by atoms with E-state index in [2.05, 4.69) is 0 Å². The van der Waals surface area contributed by atoms with Crippen LogP contribution in [0.15, 0.2) is 0 Å². The highest BCUT2D eigenvalue weighted by Gasteiger charge is 2.34. The Labute approximate surface area is 121 Å². The number of piperidine rings is 1. The third-order valence-corrected chi connectivity index (χ3v) is 4.43. The molecule has 20 heavy (non-hydrogen) atoms. The number of nitrogens with zero attached hydrogens (tertiary/aromatic N) is 1. The molecule has 0 aromatic rings. The van der Waals surface area contributed by atoms with E-state index in [0.29, 0.717) is 13.2 Å². The van der Waals surface area contributed by atoms with Gasteiger partial charge in [0.2, 0.25) is 5.91 Å². The van der Waals surface area contributed by atoms with E-state index >= 15 is 0 Å². The Hall–Kier alpha value is -0.650. The van der Waals surface area contributed by atoms with Crippen molar-refractivity contribution < 1.29 is 14.3 Å². The summed E-state index contributed by atoms with van der Waals surface area (Å²) in [7, 11) is 0. The lowest BCUT2D eigenvalue weighted by Crippen LogP contribution is -2.46. The largest absolute Gasteiger partial charge is 0.379 e. The van der Waals surface area contributed by atoms with E-state index in [0.717, 1.165) is 51.8 Å². The predicted octanol–water partition coefficient (Wildman–Crippen LogP) is 1.16. The van der Waals surface area contributed by atoms with Gasteiger partial charge in [0, 0.05) is 25.7 Å². The van der Waals surface area contributed by atoms with Gasteiger partial charge in [-0.1, -0.05) is 6.42 Å². The van der Waals surface area contributed by atoms with Crippen LogP contribution in [0.1, 0.15) is 39.0 Å². The average Bonchev–Trinajstić information content (AvgIpc) is 2.90. The third-order valence-electron chi connectivity index (χ3n) is 4.43. The maximum Gasteiger partial charge on any atom is 0.227 e. The zero-order valence-corrected chi connectivity index (χ0v) is 12.6. The highest BCUT2D eigenvalue weighted by molar-refractivity contribution is 5.80. The first-order valence-corrected chi connectivity index (χ1v) is 7.96. The summed E-state index contributed by atoms with van der Waals surface area (Å²) in [6, 6.07) is 0.0719. The quantitative estimate of drug-likeness (QED) is 0.743. The minimum atomic E-state index is 0.0606. The van der Waals surface area contributed by atoms with Crippen LogP contribution in [0.2, 0.25) is 0 Å². The Kier molecular flexibility index (Phi) is 6.26. The van der Waals surface area contributed by atoms with Crippen molar-refractivity contribution >= 4 is 5.91 Å². The van der Waals surface area contributed by atoms with Gasteiger partial charge >= 0.3 is 0 Å². The molecule has 0 aromatic carbocycles. The van der Waals surface area contributed by atoms with E-state index in [4.69, 9.17) is 15.2 Å². The summed E-state index contributed by atoms with van der Waals surface area (Å²) in [6.45, 7) is 5.64. The van der Waals surface area contributed by atoms with Crippen molar-refractivity contribution in [3.63, 3.8) is 0 Å². The molecule has 116 valence electrons. The van der Waals surface area contributed by atoms with Crippen molar-refractivity contribution in [3.8, 4) is 0 Å². The van der Waals surface area contributed by atoms with Crippen LogP contribution in [0, 0.1) is 5.92 Å². The number of carbonyl (C=O) groups is 1. The summed E-state index contributed by atoms with van der Waals surface area (Å²) < 4.78 is 11.0. The molecule has 5 heteroatoms. The first-order valence-electron chi connectivity index (χ1n) is 7.96. The van der Waals surface area contributed by atoms with Gasteiger partial charge in [-0.05, 0) is 32.6 Å². The highest BCUT2D eigenvalue weighted by Crippen LogP contribution is 2.27. The summed E-state index contributed by atoms with van der Waals surface area (Å²) in [6.07, 6.45) is 5.18. The highest BCUT2D eigenvalue weighted by atomic mass is 16.5. The number of likely N-dealkylation sites (tertiary alicyclic amines) is 1. The third kappa shape index (κ3) is 4.17. The Morgan fingerprint density at radius 2 is 1.95 bits per heavy atom. The minimum Gasteiger partial charge on any atom is -0.379 e. The molecule has 2 N–H and O–H groups in total. The summed E-state index contributed by atoms with van der Waals surface area (Å²) in [5.41, 5.74) is 6.02. The van der Waals surface area contributed by atoms with Crippen LogP contribution >= 0.6 is 0 Å². The van der Waals surface area contributed by atoms with E-state index in [-0.39, 0.29) is 24.0 Å². The molecule has 0 spiro atoms. The number of amides is 1. The van der Waals surface area contributed by atoms with Crippen LogP contribution in [0.4, 0.5) is 0 Å². The maximum absolute atomic E-state index is 12.4. The molecule has 0 radical (unpaired) electrons. The van der Waals surface area contributed by atoms with E-state index in [1.165, 1.54) is 0 Å². The van der Waals surface area contributed by atoms with Crippen molar-refractivity contribution in [1.82, 2.24) is 4.90 Å². The average molecular weight is 284 g/mol. The molecule has 0 bridgehead atoms. The molecule has 1 saturated heterocycles. The minimum absolute atomic E-state index is 0.0606. The van der Waals surface area contributed by atoms with Gasteiger partial charge < -0.3 is 20.1 Å². The van der Waals surface area contributed by atoms with E-state index in [1.54, 1.807) is 0 Å². The van der Waals surface area contributed by atoms with E-state index in [1.807, 2.05) is 11.8 Å². The number of carbonyl (C=O) groups excluding carboxylic acids is 1. The second-order valence-electron chi connectivity index (χ2n) is 5.79. The summed E-state index contributed by atoms with van der Waals surface area (Å²) in [5, 5.41) is 0. The molecular formula is C15H28N2O3. The number of ether oxygens (including phenoxy) is 2. The fourth-order valence-electron chi connectivity index (χ4n) is 3.19. The molecular weight excluding hydrogens is 256 g/mol. The van der Waals surface area contributed by atoms with Crippen molar-refractivity contribution in [1.29, 1.82) is 0 Å². The molecule has 2 atom stereocenters. The Balaban J connectivity index is 1.67. The van der Waals surface area contributed by atoms with Gasteiger partial charge in [0.15, 0.2) is 0 Å². The van der Waals surface area contributed by atoms with Crippen LogP contribution in [-0.4, -0.2) is 55.9 Å². The van der Waals surface area contributed by atoms with Gasteiger partial charge in [-0.15, -0.1) is 0 Å².